The second-order valence-electron chi connectivity index (χ2n) is 8.95. The normalized spacial score (nSPS) is 10.8. The molecule has 3 aromatic rings. The summed E-state index contributed by atoms with van der Waals surface area (Å²) in [4.78, 5) is 15.3. The summed E-state index contributed by atoms with van der Waals surface area (Å²) in [6.07, 6.45) is 11.0. The van der Waals surface area contributed by atoms with Gasteiger partial charge in [0.15, 0.2) is 5.82 Å². The molecule has 0 saturated carbocycles. The number of H-pyrrole nitrogens is 1. The van der Waals surface area contributed by atoms with E-state index < -0.39 is 11.2 Å². The lowest BCUT2D eigenvalue weighted by molar-refractivity contribution is 0.317. The molecule has 0 amide bonds. The highest BCUT2D eigenvalue weighted by Crippen LogP contribution is 2.38. The molecule has 0 atom stereocenters. The minimum absolute atomic E-state index is 0.214. The Balaban J connectivity index is 0.00000134. The van der Waals surface area contributed by atoms with Crippen LogP contribution in [0.4, 0.5) is 4.39 Å². The predicted molar refractivity (Wildman–Crippen MR) is 163 cm³/mol. The first-order valence-corrected chi connectivity index (χ1v) is 13.8. The van der Waals surface area contributed by atoms with E-state index in [1.807, 2.05) is 64.1 Å². The van der Waals surface area contributed by atoms with Gasteiger partial charge in [0.25, 0.3) is 0 Å². The Bertz CT molecular complexity index is 1180. The largest absolute Gasteiger partial charge is 0.494 e. The third-order valence-corrected chi connectivity index (χ3v) is 4.52. The standard InChI is InChI=1S/C24H24FNO3.C4H10.C3H8.C2H6/c1-4-7-8-9-16(6-3)20-21-22(27)19(25)15-26-24(21)29-23(20)17-10-12-18(13-11-17)28-14-5-2;1-4(2)3;1-3-2;1-2/h4,7-13,15H,1,5-6,14H2,2-3H3,(H,26,27);4H,1-3H3;3H2,1-2H3;1-2H3/b8-7-,16-9+;;;. The van der Waals surface area contributed by atoms with Crippen LogP contribution in [-0.4, -0.2) is 11.6 Å². The van der Waals surface area contributed by atoms with Gasteiger partial charge in [-0.1, -0.05) is 99.6 Å². The summed E-state index contributed by atoms with van der Waals surface area (Å²) in [5.41, 5.74) is 1.80. The molecule has 2 heterocycles. The molecule has 0 aliphatic carbocycles. The fraction of sp³-hybridized carbons (Fsp3) is 0.424. The number of ether oxygens (including phenoxy) is 1. The Morgan fingerprint density at radius 3 is 2.16 bits per heavy atom. The van der Waals surface area contributed by atoms with Crippen molar-refractivity contribution >= 4 is 16.7 Å². The maximum absolute atomic E-state index is 14.0. The Morgan fingerprint density at radius 2 is 1.66 bits per heavy atom. The number of hydrogen-bond acceptors (Lipinski definition) is 3. The lowest BCUT2D eigenvalue weighted by Gasteiger charge is -2.08. The quantitative estimate of drug-likeness (QED) is 0.298. The van der Waals surface area contributed by atoms with E-state index in [4.69, 9.17) is 9.15 Å². The van der Waals surface area contributed by atoms with Crippen molar-refractivity contribution in [2.24, 2.45) is 5.92 Å². The van der Waals surface area contributed by atoms with Crippen LogP contribution in [0.2, 0.25) is 0 Å². The minimum Gasteiger partial charge on any atom is -0.494 e. The van der Waals surface area contributed by atoms with E-state index in [2.05, 4.69) is 46.2 Å². The van der Waals surface area contributed by atoms with Gasteiger partial charge in [-0.15, -0.1) is 0 Å². The van der Waals surface area contributed by atoms with Crippen molar-refractivity contribution < 1.29 is 13.5 Å². The first-order valence-electron chi connectivity index (χ1n) is 13.8. The Morgan fingerprint density at radius 1 is 1.08 bits per heavy atom. The third kappa shape index (κ3) is 11.0. The van der Waals surface area contributed by atoms with Gasteiger partial charge in [-0.05, 0) is 48.6 Å². The number of fused-ring (bicyclic) bond motifs is 1. The van der Waals surface area contributed by atoms with Crippen LogP contribution in [-0.2, 0) is 0 Å². The highest BCUT2D eigenvalue weighted by atomic mass is 19.1. The van der Waals surface area contributed by atoms with Crippen molar-refractivity contribution in [1.29, 1.82) is 0 Å². The van der Waals surface area contributed by atoms with Gasteiger partial charge in [-0.25, -0.2) is 4.39 Å². The summed E-state index contributed by atoms with van der Waals surface area (Å²) in [7, 11) is 0. The van der Waals surface area contributed by atoms with Crippen molar-refractivity contribution in [2.75, 3.05) is 6.61 Å². The van der Waals surface area contributed by atoms with Gasteiger partial charge < -0.3 is 14.1 Å². The van der Waals surface area contributed by atoms with Gasteiger partial charge in [-0.2, -0.15) is 0 Å². The van der Waals surface area contributed by atoms with Crippen molar-refractivity contribution in [1.82, 2.24) is 4.98 Å². The Hall–Kier alpha value is -3.34. The number of aromatic nitrogens is 1. The van der Waals surface area contributed by atoms with Crippen molar-refractivity contribution in [3.8, 4) is 17.1 Å². The van der Waals surface area contributed by atoms with Crippen LogP contribution in [0.1, 0.15) is 87.1 Å². The topological polar surface area (TPSA) is 55.2 Å². The van der Waals surface area contributed by atoms with E-state index in [1.54, 1.807) is 12.2 Å². The van der Waals surface area contributed by atoms with E-state index in [-0.39, 0.29) is 11.1 Å². The fourth-order valence-electron chi connectivity index (χ4n) is 3.12. The number of benzene rings is 1. The highest BCUT2D eigenvalue weighted by Gasteiger charge is 2.22. The van der Waals surface area contributed by atoms with Gasteiger partial charge in [0.2, 0.25) is 11.1 Å². The van der Waals surface area contributed by atoms with E-state index in [1.165, 1.54) is 6.42 Å². The van der Waals surface area contributed by atoms with E-state index in [9.17, 15) is 9.18 Å². The van der Waals surface area contributed by atoms with Crippen LogP contribution in [0, 0.1) is 11.7 Å². The molecule has 2 aromatic heterocycles. The molecular weight excluding hydrogens is 477 g/mol. The molecule has 0 saturated heterocycles. The molecule has 0 fully saturated rings. The molecule has 210 valence electrons. The van der Waals surface area contributed by atoms with E-state index in [0.717, 1.165) is 35.4 Å². The van der Waals surface area contributed by atoms with Crippen LogP contribution in [0.25, 0.3) is 28.0 Å². The molecule has 0 aliphatic rings. The molecule has 1 N–H and O–H groups in total. The number of halogens is 1. The molecule has 0 radical (unpaired) electrons. The zero-order chi connectivity index (χ0) is 29.1. The average Bonchev–Trinajstić information content (AvgIpc) is 3.29. The van der Waals surface area contributed by atoms with Crippen molar-refractivity contribution in [2.45, 2.75) is 81.6 Å². The number of nitrogens with one attached hydrogen (secondary N) is 1. The second-order valence-corrected chi connectivity index (χ2v) is 8.95. The Kier molecular flexibility index (Phi) is 18.0. The maximum Gasteiger partial charge on any atom is 0.229 e. The summed E-state index contributed by atoms with van der Waals surface area (Å²) in [6, 6.07) is 7.47. The van der Waals surface area contributed by atoms with Crippen molar-refractivity contribution in [3.05, 3.63) is 82.9 Å². The van der Waals surface area contributed by atoms with E-state index >= 15 is 0 Å². The predicted octanol–water partition coefficient (Wildman–Crippen LogP) is 10.4. The smallest absolute Gasteiger partial charge is 0.229 e. The first-order chi connectivity index (χ1) is 18.2. The second kappa shape index (κ2) is 19.7. The van der Waals surface area contributed by atoms with Gasteiger partial charge in [-0.3, -0.25) is 4.79 Å². The average molecular weight is 526 g/mol. The molecule has 0 spiro atoms. The lowest BCUT2D eigenvalue weighted by Crippen LogP contribution is -2.07. The minimum atomic E-state index is -0.841. The zero-order valence-electron chi connectivity index (χ0n) is 24.9. The third-order valence-electron chi connectivity index (χ3n) is 4.52. The molecule has 1 aromatic carbocycles. The Labute approximate surface area is 229 Å². The molecule has 5 heteroatoms. The molecular formula is C33H48FNO3. The molecule has 4 nitrogen and oxygen atoms in total. The van der Waals surface area contributed by atoms with Gasteiger partial charge in [0.05, 0.1) is 12.0 Å². The van der Waals surface area contributed by atoms with Crippen LogP contribution in [0.15, 0.2) is 70.6 Å². The summed E-state index contributed by atoms with van der Waals surface area (Å²) in [6.45, 7) is 23.1. The molecule has 0 unspecified atom stereocenters. The van der Waals surface area contributed by atoms with Gasteiger partial charge in [0.1, 0.15) is 11.5 Å². The molecule has 0 aliphatic heterocycles. The zero-order valence-corrected chi connectivity index (χ0v) is 24.9. The van der Waals surface area contributed by atoms with Crippen LogP contribution in [0.3, 0.4) is 0 Å². The van der Waals surface area contributed by atoms with Crippen molar-refractivity contribution in [3.63, 3.8) is 0 Å². The number of rotatable bonds is 8. The summed E-state index contributed by atoms with van der Waals surface area (Å²) < 4.78 is 25.7. The number of allylic oxidation sites excluding steroid dienone is 5. The summed E-state index contributed by atoms with van der Waals surface area (Å²) in [5, 5.41) is 0.214. The van der Waals surface area contributed by atoms with Crippen LogP contribution >= 0.6 is 0 Å². The van der Waals surface area contributed by atoms with E-state index in [0.29, 0.717) is 24.4 Å². The SMILES string of the molecule is C=C/C=C\C=C(/CC)c1c(-c2ccc(OCCC)cc2)oc2[nH]cc(F)c(=O)c12.CC.CC(C)C.CCC. The summed E-state index contributed by atoms with van der Waals surface area (Å²) in [5.74, 6) is 1.27. The molecule has 0 bridgehead atoms. The highest BCUT2D eigenvalue weighted by molar-refractivity contribution is 5.96. The van der Waals surface area contributed by atoms with Gasteiger partial charge in [0, 0.05) is 17.3 Å². The number of furan rings is 1. The fourth-order valence-corrected chi connectivity index (χ4v) is 3.12. The monoisotopic (exact) mass is 525 g/mol. The number of hydrogen-bond donors (Lipinski definition) is 1. The summed E-state index contributed by atoms with van der Waals surface area (Å²) >= 11 is 0. The lowest BCUT2D eigenvalue weighted by atomic mass is 9.96. The number of aromatic amines is 1. The molecule has 38 heavy (non-hydrogen) atoms. The van der Waals surface area contributed by atoms with Crippen LogP contribution < -0.4 is 10.2 Å². The van der Waals surface area contributed by atoms with Gasteiger partial charge >= 0.3 is 0 Å². The maximum atomic E-state index is 14.0. The van der Waals surface area contributed by atoms with Crippen LogP contribution in [0.5, 0.6) is 5.75 Å². The number of pyridine rings is 1. The first kappa shape index (κ1) is 34.7. The molecule has 3 rings (SSSR count).